The number of nitrogens with one attached hydrogen (secondary N) is 2. The van der Waals surface area contributed by atoms with E-state index in [2.05, 4.69) is 25.6 Å². The lowest BCUT2D eigenvalue weighted by molar-refractivity contribution is -0.115. The summed E-state index contributed by atoms with van der Waals surface area (Å²) in [5, 5.41) is 5.69. The molecule has 2 aromatic rings. The molecule has 110 valence electrons. The lowest BCUT2D eigenvalue weighted by Crippen LogP contribution is -2.28. The van der Waals surface area contributed by atoms with Gasteiger partial charge in [0.1, 0.15) is 0 Å². The molecule has 0 bridgehead atoms. The standard InChI is InChI=1S/C14H17N5O2/c1-2-21-14-11(4-3-5-18-14)8-16-10-13(20)19-12-9-15-6-7-17-12/h3-7,9,16H,2,8,10H2,1H3,(H,17,19,20). The number of carbonyl (C=O) groups is 1. The van der Waals surface area contributed by atoms with Gasteiger partial charge in [0.25, 0.3) is 0 Å². The van der Waals surface area contributed by atoms with Crippen LogP contribution in [0.25, 0.3) is 0 Å². The second-order valence-corrected chi connectivity index (χ2v) is 4.14. The Hall–Kier alpha value is -2.54. The maximum Gasteiger partial charge on any atom is 0.239 e. The summed E-state index contributed by atoms with van der Waals surface area (Å²) in [7, 11) is 0. The first-order valence-corrected chi connectivity index (χ1v) is 6.63. The molecule has 0 unspecified atom stereocenters. The highest BCUT2D eigenvalue weighted by Gasteiger charge is 2.06. The van der Waals surface area contributed by atoms with Crippen LogP contribution in [-0.2, 0) is 11.3 Å². The van der Waals surface area contributed by atoms with Crippen LogP contribution in [0.3, 0.4) is 0 Å². The van der Waals surface area contributed by atoms with Crippen LogP contribution in [0.2, 0.25) is 0 Å². The molecule has 0 atom stereocenters. The minimum atomic E-state index is -0.183. The van der Waals surface area contributed by atoms with Crippen molar-refractivity contribution in [2.45, 2.75) is 13.5 Å². The Labute approximate surface area is 122 Å². The molecule has 2 rings (SSSR count). The first kappa shape index (κ1) is 14.9. The zero-order chi connectivity index (χ0) is 14.9. The Kier molecular flexibility index (Phi) is 5.60. The van der Waals surface area contributed by atoms with E-state index < -0.39 is 0 Å². The fraction of sp³-hybridized carbons (Fsp3) is 0.286. The summed E-state index contributed by atoms with van der Waals surface area (Å²) in [6, 6.07) is 3.74. The van der Waals surface area contributed by atoms with Crippen LogP contribution in [0.15, 0.2) is 36.9 Å². The molecule has 0 saturated carbocycles. The molecule has 0 aromatic carbocycles. The number of ether oxygens (including phenoxy) is 1. The molecule has 0 aliphatic rings. The molecule has 2 N–H and O–H groups in total. The van der Waals surface area contributed by atoms with Gasteiger partial charge >= 0.3 is 0 Å². The molecular weight excluding hydrogens is 270 g/mol. The monoisotopic (exact) mass is 287 g/mol. The largest absolute Gasteiger partial charge is 0.478 e. The van der Waals surface area contributed by atoms with E-state index in [4.69, 9.17) is 4.74 Å². The van der Waals surface area contributed by atoms with Gasteiger partial charge in [-0.1, -0.05) is 6.07 Å². The number of hydrogen-bond donors (Lipinski definition) is 2. The van der Waals surface area contributed by atoms with Crippen LogP contribution < -0.4 is 15.4 Å². The zero-order valence-electron chi connectivity index (χ0n) is 11.7. The minimum absolute atomic E-state index is 0.164. The van der Waals surface area contributed by atoms with Crippen LogP contribution in [0.4, 0.5) is 5.82 Å². The molecule has 0 saturated heterocycles. The summed E-state index contributed by atoms with van der Waals surface area (Å²) in [6.07, 6.45) is 6.24. The second kappa shape index (κ2) is 7.91. The van der Waals surface area contributed by atoms with Crippen molar-refractivity contribution in [3.05, 3.63) is 42.5 Å². The third kappa shape index (κ3) is 4.81. The van der Waals surface area contributed by atoms with Crippen molar-refractivity contribution >= 4 is 11.7 Å². The molecule has 0 fully saturated rings. The summed E-state index contributed by atoms with van der Waals surface area (Å²) < 4.78 is 5.42. The van der Waals surface area contributed by atoms with Gasteiger partial charge in [-0.05, 0) is 13.0 Å². The third-order valence-electron chi connectivity index (χ3n) is 2.56. The molecule has 2 aromatic heterocycles. The molecule has 0 aliphatic heterocycles. The maximum absolute atomic E-state index is 11.7. The Morgan fingerprint density at radius 2 is 2.19 bits per heavy atom. The van der Waals surface area contributed by atoms with Crippen LogP contribution >= 0.6 is 0 Å². The van der Waals surface area contributed by atoms with Crippen LogP contribution in [0, 0.1) is 0 Å². The summed E-state index contributed by atoms with van der Waals surface area (Å²) >= 11 is 0. The summed E-state index contributed by atoms with van der Waals surface area (Å²) in [5.74, 6) is 0.833. The van der Waals surface area contributed by atoms with Crippen molar-refractivity contribution in [2.24, 2.45) is 0 Å². The van der Waals surface area contributed by atoms with Crippen LogP contribution in [0.1, 0.15) is 12.5 Å². The van der Waals surface area contributed by atoms with E-state index in [-0.39, 0.29) is 12.5 Å². The van der Waals surface area contributed by atoms with E-state index in [1.54, 1.807) is 12.4 Å². The highest BCUT2D eigenvalue weighted by atomic mass is 16.5. The number of amides is 1. The number of rotatable bonds is 7. The summed E-state index contributed by atoms with van der Waals surface area (Å²) in [5.41, 5.74) is 0.909. The summed E-state index contributed by atoms with van der Waals surface area (Å²) in [4.78, 5) is 23.7. The van der Waals surface area contributed by atoms with Gasteiger partial charge in [0.2, 0.25) is 11.8 Å². The van der Waals surface area contributed by atoms with Crippen LogP contribution in [-0.4, -0.2) is 34.0 Å². The Balaban J connectivity index is 1.80. The third-order valence-corrected chi connectivity index (χ3v) is 2.56. The van der Waals surface area contributed by atoms with Gasteiger partial charge in [-0.25, -0.2) is 9.97 Å². The van der Waals surface area contributed by atoms with Gasteiger partial charge < -0.3 is 15.4 Å². The molecule has 0 radical (unpaired) electrons. The van der Waals surface area contributed by atoms with Gasteiger partial charge in [0.15, 0.2) is 5.82 Å². The van der Waals surface area contributed by atoms with Gasteiger partial charge in [-0.2, -0.15) is 0 Å². The predicted octanol–water partition coefficient (Wildman–Crippen LogP) is 0.999. The van der Waals surface area contributed by atoms with Gasteiger partial charge in [-0.3, -0.25) is 9.78 Å². The van der Waals surface area contributed by atoms with Crippen molar-refractivity contribution in [2.75, 3.05) is 18.5 Å². The Morgan fingerprint density at radius 3 is 2.95 bits per heavy atom. The highest BCUT2D eigenvalue weighted by Crippen LogP contribution is 2.13. The van der Waals surface area contributed by atoms with E-state index in [1.165, 1.54) is 12.4 Å². The Bertz CT molecular complexity index is 577. The first-order chi connectivity index (χ1) is 10.3. The number of anilines is 1. The number of carbonyl (C=O) groups excluding carboxylic acids is 1. The molecular formula is C14H17N5O2. The van der Waals surface area contributed by atoms with Gasteiger partial charge in [-0.15, -0.1) is 0 Å². The second-order valence-electron chi connectivity index (χ2n) is 4.14. The fourth-order valence-corrected chi connectivity index (χ4v) is 1.69. The lowest BCUT2D eigenvalue weighted by Gasteiger charge is -2.09. The lowest BCUT2D eigenvalue weighted by atomic mass is 10.2. The van der Waals surface area contributed by atoms with E-state index >= 15 is 0 Å². The number of aromatic nitrogens is 3. The van der Waals surface area contributed by atoms with E-state index in [1.807, 2.05) is 19.1 Å². The van der Waals surface area contributed by atoms with Crippen molar-refractivity contribution in [1.29, 1.82) is 0 Å². The van der Waals surface area contributed by atoms with E-state index in [9.17, 15) is 4.79 Å². The molecule has 0 spiro atoms. The average Bonchev–Trinajstić information content (AvgIpc) is 2.50. The first-order valence-electron chi connectivity index (χ1n) is 6.63. The normalized spacial score (nSPS) is 10.1. The number of nitrogens with zero attached hydrogens (tertiary/aromatic N) is 3. The minimum Gasteiger partial charge on any atom is -0.478 e. The molecule has 7 heteroatoms. The molecule has 21 heavy (non-hydrogen) atoms. The van der Waals surface area contributed by atoms with Gasteiger partial charge in [0, 0.05) is 30.7 Å². The smallest absolute Gasteiger partial charge is 0.239 e. The average molecular weight is 287 g/mol. The van der Waals surface area contributed by atoms with Crippen molar-refractivity contribution < 1.29 is 9.53 Å². The SMILES string of the molecule is CCOc1ncccc1CNCC(=O)Nc1cnccn1. The van der Waals surface area contributed by atoms with E-state index in [0.717, 1.165) is 5.56 Å². The maximum atomic E-state index is 11.7. The molecule has 0 aliphatic carbocycles. The molecule has 7 nitrogen and oxygen atoms in total. The van der Waals surface area contributed by atoms with E-state index in [0.29, 0.717) is 24.8 Å². The fourth-order valence-electron chi connectivity index (χ4n) is 1.69. The highest BCUT2D eigenvalue weighted by molar-refractivity contribution is 5.91. The van der Waals surface area contributed by atoms with Crippen molar-refractivity contribution in [3.63, 3.8) is 0 Å². The quantitative estimate of drug-likeness (QED) is 0.789. The topological polar surface area (TPSA) is 89.0 Å². The Morgan fingerprint density at radius 1 is 1.29 bits per heavy atom. The van der Waals surface area contributed by atoms with Crippen LogP contribution in [0.5, 0.6) is 5.88 Å². The number of pyridine rings is 1. The predicted molar refractivity (Wildman–Crippen MR) is 77.8 cm³/mol. The number of hydrogen-bond acceptors (Lipinski definition) is 6. The summed E-state index contributed by atoms with van der Waals surface area (Å²) in [6.45, 7) is 3.12. The van der Waals surface area contributed by atoms with Crippen molar-refractivity contribution in [1.82, 2.24) is 20.3 Å². The zero-order valence-corrected chi connectivity index (χ0v) is 11.7. The van der Waals surface area contributed by atoms with Crippen molar-refractivity contribution in [3.8, 4) is 5.88 Å². The molecule has 2 heterocycles. The molecule has 1 amide bonds. The van der Waals surface area contributed by atoms with Gasteiger partial charge in [0.05, 0.1) is 19.3 Å².